The van der Waals surface area contributed by atoms with Gasteiger partial charge in [0.2, 0.25) is 5.12 Å². The van der Waals surface area contributed by atoms with Gasteiger partial charge in [0.15, 0.2) is 6.10 Å². The first-order valence-electron chi connectivity index (χ1n) is 6.77. The first-order valence-corrected chi connectivity index (χ1v) is 7.59. The lowest BCUT2D eigenvalue weighted by molar-refractivity contribution is -0.129. The molecule has 0 unspecified atom stereocenters. The fourth-order valence-electron chi connectivity index (χ4n) is 1.83. The quantitative estimate of drug-likeness (QED) is 0.832. The van der Waals surface area contributed by atoms with E-state index in [1.165, 1.54) is 0 Å². The van der Waals surface area contributed by atoms with Gasteiger partial charge in [0.25, 0.3) is 0 Å². The molecule has 1 N–H and O–H groups in total. The van der Waals surface area contributed by atoms with Crippen LogP contribution in [0, 0.1) is 0 Å². The number of rotatable bonds is 6. The largest absolute Gasteiger partial charge is 0.390 e. The van der Waals surface area contributed by atoms with E-state index in [4.69, 9.17) is 4.74 Å². The number of benzene rings is 2. The van der Waals surface area contributed by atoms with Crippen molar-refractivity contribution in [2.24, 2.45) is 0 Å². The number of aliphatic hydroxyl groups is 1. The molecule has 3 nitrogen and oxygen atoms in total. The summed E-state index contributed by atoms with van der Waals surface area (Å²) in [4.78, 5) is 13.1. The summed E-state index contributed by atoms with van der Waals surface area (Å²) < 4.78 is 5.60. The van der Waals surface area contributed by atoms with Gasteiger partial charge in [0, 0.05) is 4.90 Å². The third kappa shape index (κ3) is 5.01. The third-order valence-electron chi connectivity index (χ3n) is 2.90. The molecule has 0 aliphatic heterocycles. The van der Waals surface area contributed by atoms with Gasteiger partial charge in [0.05, 0.1) is 12.7 Å². The number of ether oxygens (including phenoxy) is 1. The Bertz CT molecular complexity index is 555. The summed E-state index contributed by atoms with van der Waals surface area (Å²) in [7, 11) is 0. The predicted molar refractivity (Wildman–Crippen MR) is 84.0 cm³/mol. The molecule has 0 saturated carbocycles. The molecule has 0 aliphatic carbocycles. The Morgan fingerprint density at radius 3 is 2.24 bits per heavy atom. The second-order valence-electron chi connectivity index (χ2n) is 4.69. The first-order chi connectivity index (χ1) is 10.2. The van der Waals surface area contributed by atoms with Gasteiger partial charge in [-0.25, -0.2) is 0 Å². The summed E-state index contributed by atoms with van der Waals surface area (Å²) >= 11 is 1.09. The Balaban J connectivity index is 1.96. The molecule has 0 spiro atoms. The fraction of sp³-hybridized carbons (Fsp3) is 0.235. The number of hydrogen-bond acceptors (Lipinski definition) is 4. The highest BCUT2D eigenvalue weighted by Crippen LogP contribution is 2.22. The minimum absolute atomic E-state index is 0.188. The van der Waals surface area contributed by atoms with Crippen molar-refractivity contribution in [3.63, 3.8) is 0 Å². The lowest BCUT2D eigenvalue weighted by Crippen LogP contribution is -2.32. The van der Waals surface area contributed by atoms with Crippen LogP contribution in [0.2, 0.25) is 0 Å². The van der Waals surface area contributed by atoms with Crippen LogP contribution in [-0.2, 0) is 16.1 Å². The van der Waals surface area contributed by atoms with Crippen molar-refractivity contribution in [1.29, 1.82) is 0 Å². The number of hydrogen-bond donors (Lipinski definition) is 1. The minimum Gasteiger partial charge on any atom is -0.390 e. The van der Waals surface area contributed by atoms with E-state index >= 15 is 0 Å². The number of aliphatic hydroxyl groups excluding tert-OH is 1. The summed E-state index contributed by atoms with van der Waals surface area (Å²) in [6, 6.07) is 19.0. The molecule has 4 heteroatoms. The SMILES string of the molecule is C[C@@H](O)[C@@H](OCc1ccccc1)C(=O)Sc1ccccc1. The average Bonchev–Trinajstić information content (AvgIpc) is 2.49. The first kappa shape index (κ1) is 15.8. The van der Waals surface area contributed by atoms with E-state index in [0.717, 1.165) is 22.2 Å². The van der Waals surface area contributed by atoms with Crippen molar-refractivity contribution in [2.75, 3.05) is 0 Å². The zero-order valence-corrected chi connectivity index (χ0v) is 12.6. The van der Waals surface area contributed by atoms with Gasteiger partial charge in [-0.3, -0.25) is 4.79 Å². The standard InChI is InChI=1S/C17H18O3S/c1-13(18)16(20-12-14-8-4-2-5-9-14)17(19)21-15-10-6-3-7-11-15/h2-11,13,16,18H,12H2,1H3/t13-,16-/m1/s1. The lowest BCUT2D eigenvalue weighted by atomic mass is 10.2. The Hall–Kier alpha value is -1.62. The molecule has 0 heterocycles. The summed E-state index contributed by atoms with van der Waals surface area (Å²) in [6.45, 7) is 1.87. The van der Waals surface area contributed by atoms with Crippen LogP contribution in [0.25, 0.3) is 0 Å². The van der Waals surface area contributed by atoms with E-state index in [-0.39, 0.29) is 5.12 Å². The Morgan fingerprint density at radius 2 is 1.67 bits per heavy atom. The summed E-state index contributed by atoms with van der Waals surface area (Å²) in [5.41, 5.74) is 0.973. The molecule has 0 amide bonds. The van der Waals surface area contributed by atoms with Crippen LogP contribution in [0.3, 0.4) is 0 Å². The van der Waals surface area contributed by atoms with E-state index in [1.54, 1.807) is 6.92 Å². The number of carbonyl (C=O) groups excluding carboxylic acids is 1. The summed E-state index contributed by atoms with van der Waals surface area (Å²) in [5.74, 6) is 0. The van der Waals surface area contributed by atoms with Gasteiger partial charge in [-0.05, 0) is 36.4 Å². The Kier molecular flexibility index (Phi) is 5.99. The van der Waals surface area contributed by atoms with Crippen molar-refractivity contribution in [1.82, 2.24) is 0 Å². The van der Waals surface area contributed by atoms with Crippen LogP contribution in [0.1, 0.15) is 12.5 Å². The maximum atomic E-state index is 12.3. The normalized spacial score (nSPS) is 13.6. The van der Waals surface area contributed by atoms with Crippen molar-refractivity contribution < 1.29 is 14.6 Å². The Morgan fingerprint density at radius 1 is 1.10 bits per heavy atom. The van der Waals surface area contributed by atoms with E-state index in [9.17, 15) is 9.90 Å². The third-order valence-corrected chi connectivity index (χ3v) is 3.85. The second-order valence-corrected chi connectivity index (χ2v) is 5.77. The molecular formula is C17H18O3S. The van der Waals surface area contributed by atoms with E-state index in [2.05, 4.69) is 0 Å². The summed E-state index contributed by atoms with van der Waals surface area (Å²) in [6.07, 6.45) is -1.69. The molecular weight excluding hydrogens is 284 g/mol. The van der Waals surface area contributed by atoms with E-state index in [1.807, 2.05) is 60.7 Å². The van der Waals surface area contributed by atoms with Gasteiger partial charge in [-0.15, -0.1) is 0 Å². The zero-order chi connectivity index (χ0) is 15.1. The molecule has 2 atom stereocenters. The maximum absolute atomic E-state index is 12.3. The van der Waals surface area contributed by atoms with Crippen molar-refractivity contribution >= 4 is 16.9 Å². The van der Waals surface area contributed by atoms with Gasteiger partial charge in [-0.1, -0.05) is 48.5 Å². The zero-order valence-electron chi connectivity index (χ0n) is 11.8. The Labute approximate surface area is 129 Å². The number of carbonyl (C=O) groups is 1. The van der Waals surface area contributed by atoms with Gasteiger partial charge >= 0.3 is 0 Å². The smallest absolute Gasteiger partial charge is 0.225 e. The molecule has 2 aromatic rings. The average molecular weight is 302 g/mol. The second kappa shape index (κ2) is 7.98. The fourth-order valence-corrected chi connectivity index (χ4v) is 2.73. The highest BCUT2D eigenvalue weighted by molar-refractivity contribution is 8.13. The minimum atomic E-state index is -0.850. The molecule has 0 saturated heterocycles. The number of thioether (sulfide) groups is 1. The van der Waals surface area contributed by atoms with Crippen LogP contribution < -0.4 is 0 Å². The molecule has 0 aromatic heterocycles. The van der Waals surface area contributed by atoms with Crippen LogP contribution in [0.4, 0.5) is 0 Å². The van der Waals surface area contributed by atoms with Crippen molar-refractivity contribution in [3.05, 3.63) is 66.2 Å². The van der Waals surface area contributed by atoms with Gasteiger partial charge in [-0.2, -0.15) is 0 Å². The van der Waals surface area contributed by atoms with Crippen molar-refractivity contribution in [3.8, 4) is 0 Å². The van der Waals surface area contributed by atoms with Gasteiger partial charge < -0.3 is 9.84 Å². The highest BCUT2D eigenvalue weighted by atomic mass is 32.2. The van der Waals surface area contributed by atoms with Gasteiger partial charge in [0.1, 0.15) is 0 Å². The molecule has 110 valence electrons. The van der Waals surface area contributed by atoms with Crippen LogP contribution in [0.15, 0.2) is 65.6 Å². The molecule has 0 bridgehead atoms. The topological polar surface area (TPSA) is 46.5 Å². The van der Waals surface area contributed by atoms with Crippen LogP contribution in [-0.4, -0.2) is 22.4 Å². The van der Waals surface area contributed by atoms with Crippen LogP contribution >= 0.6 is 11.8 Å². The molecule has 0 aliphatic rings. The molecule has 2 aromatic carbocycles. The lowest BCUT2D eigenvalue weighted by Gasteiger charge is -2.19. The molecule has 0 fully saturated rings. The van der Waals surface area contributed by atoms with E-state index < -0.39 is 12.2 Å². The molecule has 2 rings (SSSR count). The highest BCUT2D eigenvalue weighted by Gasteiger charge is 2.25. The summed E-state index contributed by atoms with van der Waals surface area (Å²) in [5, 5.41) is 9.59. The monoisotopic (exact) mass is 302 g/mol. The molecule has 0 radical (unpaired) electrons. The maximum Gasteiger partial charge on any atom is 0.225 e. The van der Waals surface area contributed by atoms with E-state index in [0.29, 0.717) is 6.61 Å². The predicted octanol–water partition coefficient (Wildman–Crippen LogP) is 3.27. The molecule has 21 heavy (non-hydrogen) atoms. The van der Waals surface area contributed by atoms with Crippen LogP contribution in [0.5, 0.6) is 0 Å². The van der Waals surface area contributed by atoms with Crippen molar-refractivity contribution in [2.45, 2.75) is 30.6 Å².